The van der Waals surface area contributed by atoms with Gasteiger partial charge in [-0.05, 0) is 35.9 Å². The van der Waals surface area contributed by atoms with Crippen LogP contribution in [0.15, 0.2) is 53.2 Å². The number of hydrogen-bond donors (Lipinski definition) is 2. The third kappa shape index (κ3) is 5.31. The molecule has 0 spiro atoms. The van der Waals surface area contributed by atoms with Gasteiger partial charge in [0.05, 0.1) is 12.4 Å². The molecule has 0 aliphatic carbocycles. The topological polar surface area (TPSA) is 54.6 Å². The second-order valence-corrected chi connectivity index (χ2v) is 4.54. The van der Waals surface area contributed by atoms with Crippen molar-refractivity contribution in [2.75, 3.05) is 13.1 Å². The fourth-order valence-corrected chi connectivity index (χ4v) is 1.85. The molecule has 2 rings (SSSR count). The smallest absolute Gasteiger partial charge is 0.387 e. The molecule has 2 aromatic rings. The van der Waals surface area contributed by atoms with Crippen molar-refractivity contribution in [1.29, 1.82) is 0 Å². The van der Waals surface area contributed by atoms with Crippen molar-refractivity contribution < 1.29 is 23.0 Å². The van der Waals surface area contributed by atoms with E-state index in [9.17, 15) is 13.9 Å². The van der Waals surface area contributed by atoms with Crippen molar-refractivity contribution in [3.05, 3.63) is 60.1 Å². The molecule has 1 atom stereocenters. The highest BCUT2D eigenvalue weighted by molar-refractivity contribution is 5.42. The molecule has 0 saturated carbocycles. The van der Waals surface area contributed by atoms with Gasteiger partial charge in [0, 0.05) is 13.1 Å². The van der Waals surface area contributed by atoms with E-state index in [0.29, 0.717) is 18.7 Å². The van der Waals surface area contributed by atoms with Crippen LogP contribution in [0, 0.1) is 0 Å². The number of nitrogens with one attached hydrogen (secondary N) is 1. The zero-order valence-corrected chi connectivity index (χ0v) is 11.8. The van der Waals surface area contributed by atoms with E-state index in [-0.39, 0.29) is 5.75 Å². The second kappa shape index (κ2) is 8.31. The van der Waals surface area contributed by atoms with Crippen LogP contribution in [0.5, 0.6) is 5.75 Å². The predicted octanol–water partition coefficient (Wildman–Crippen LogP) is 3.22. The molecule has 22 heavy (non-hydrogen) atoms. The summed E-state index contributed by atoms with van der Waals surface area (Å²) >= 11 is 0. The number of hydrogen-bond acceptors (Lipinski definition) is 4. The Kier molecular flexibility index (Phi) is 6.12. The summed E-state index contributed by atoms with van der Waals surface area (Å²) in [5.74, 6) is 0.831. The maximum absolute atomic E-state index is 12.0. The Morgan fingerprint density at radius 1 is 1.23 bits per heavy atom. The summed E-state index contributed by atoms with van der Waals surface area (Å²) in [6.45, 7) is -1.93. The fraction of sp³-hybridized carbons (Fsp3) is 0.250. The van der Waals surface area contributed by atoms with Gasteiger partial charge in [0.15, 0.2) is 0 Å². The highest BCUT2D eigenvalue weighted by Gasteiger charge is 2.08. The lowest BCUT2D eigenvalue weighted by molar-refractivity contribution is -0.0498. The van der Waals surface area contributed by atoms with Crippen molar-refractivity contribution in [1.82, 2.24) is 5.32 Å². The summed E-state index contributed by atoms with van der Waals surface area (Å²) in [7, 11) is 0. The molecule has 0 aliphatic rings. The molecule has 118 valence electrons. The molecular formula is C16H17F2NO3. The molecule has 0 amide bonds. The second-order valence-electron chi connectivity index (χ2n) is 4.54. The first kappa shape index (κ1) is 16.2. The molecule has 1 aromatic heterocycles. The van der Waals surface area contributed by atoms with E-state index in [1.54, 1.807) is 24.5 Å². The molecule has 0 saturated heterocycles. The predicted molar refractivity (Wildman–Crippen MR) is 78.6 cm³/mol. The fourth-order valence-electron chi connectivity index (χ4n) is 1.85. The lowest BCUT2D eigenvalue weighted by atomic mass is 10.1. The van der Waals surface area contributed by atoms with E-state index in [4.69, 9.17) is 4.42 Å². The third-order valence-corrected chi connectivity index (χ3v) is 2.92. The molecule has 0 aliphatic heterocycles. The van der Waals surface area contributed by atoms with Gasteiger partial charge >= 0.3 is 6.61 Å². The van der Waals surface area contributed by atoms with Crippen molar-refractivity contribution >= 4 is 6.08 Å². The molecule has 6 heteroatoms. The number of alkyl halides is 2. The van der Waals surface area contributed by atoms with Crippen LogP contribution >= 0.6 is 0 Å². The molecule has 1 aromatic carbocycles. The van der Waals surface area contributed by atoms with Gasteiger partial charge < -0.3 is 19.6 Å². The van der Waals surface area contributed by atoms with E-state index in [1.165, 1.54) is 12.1 Å². The van der Waals surface area contributed by atoms with Crippen LogP contribution in [0.2, 0.25) is 0 Å². The van der Waals surface area contributed by atoms with E-state index >= 15 is 0 Å². The number of aliphatic hydroxyl groups is 1. The van der Waals surface area contributed by atoms with E-state index in [0.717, 1.165) is 5.76 Å². The normalized spacial score (nSPS) is 12.9. The molecule has 1 heterocycles. The molecule has 1 unspecified atom stereocenters. The summed E-state index contributed by atoms with van der Waals surface area (Å²) in [4.78, 5) is 0. The van der Waals surface area contributed by atoms with Gasteiger partial charge in [0.2, 0.25) is 0 Å². The van der Waals surface area contributed by atoms with Crippen LogP contribution in [0.25, 0.3) is 6.08 Å². The van der Waals surface area contributed by atoms with Crippen LogP contribution < -0.4 is 10.1 Å². The number of aliphatic hydroxyl groups excluding tert-OH is 1. The summed E-state index contributed by atoms with van der Waals surface area (Å²) in [5.41, 5.74) is 0.629. The molecule has 0 bridgehead atoms. The largest absolute Gasteiger partial charge is 0.465 e. The Labute approximate surface area is 127 Å². The average Bonchev–Trinajstić information content (AvgIpc) is 3.00. The average molecular weight is 309 g/mol. The standard InChI is InChI=1S/C16H17F2NO3/c17-16(18)22-14-7-5-12(6-8-14)15(20)11-19-9-1-3-13-4-2-10-21-13/h1-8,10,15-16,19-20H,9,11H2/b3-1+. The lowest BCUT2D eigenvalue weighted by Crippen LogP contribution is -2.21. The van der Waals surface area contributed by atoms with Crippen LogP contribution in [0.4, 0.5) is 8.78 Å². The van der Waals surface area contributed by atoms with Gasteiger partial charge in [0.1, 0.15) is 11.5 Å². The number of furan rings is 1. The molecule has 2 N–H and O–H groups in total. The van der Waals surface area contributed by atoms with Gasteiger partial charge in [-0.2, -0.15) is 8.78 Å². The van der Waals surface area contributed by atoms with E-state index in [1.807, 2.05) is 18.2 Å². The summed E-state index contributed by atoms with van der Waals surface area (Å²) in [5, 5.41) is 13.0. The molecule has 4 nitrogen and oxygen atoms in total. The summed E-state index contributed by atoms with van der Waals surface area (Å²) < 4.78 is 33.4. The van der Waals surface area contributed by atoms with Crippen LogP contribution in [-0.4, -0.2) is 24.8 Å². The van der Waals surface area contributed by atoms with E-state index < -0.39 is 12.7 Å². The number of ether oxygens (including phenoxy) is 1. The highest BCUT2D eigenvalue weighted by Crippen LogP contribution is 2.18. The Bertz CT molecular complexity index is 568. The first-order chi connectivity index (χ1) is 10.6. The molecule has 0 fully saturated rings. The van der Waals surface area contributed by atoms with Gasteiger partial charge in [-0.3, -0.25) is 0 Å². The van der Waals surface area contributed by atoms with Crippen molar-refractivity contribution in [2.24, 2.45) is 0 Å². The minimum absolute atomic E-state index is 0.0697. The SMILES string of the molecule is OC(CNC/C=C/c1ccco1)c1ccc(OC(F)F)cc1. The van der Waals surface area contributed by atoms with Crippen molar-refractivity contribution in [2.45, 2.75) is 12.7 Å². The zero-order valence-electron chi connectivity index (χ0n) is 11.8. The van der Waals surface area contributed by atoms with Crippen molar-refractivity contribution in [3.63, 3.8) is 0 Å². The third-order valence-electron chi connectivity index (χ3n) is 2.92. The Morgan fingerprint density at radius 3 is 2.64 bits per heavy atom. The van der Waals surface area contributed by atoms with Gasteiger partial charge in [0.25, 0.3) is 0 Å². The maximum Gasteiger partial charge on any atom is 0.387 e. The lowest BCUT2D eigenvalue weighted by Gasteiger charge is -2.12. The summed E-state index contributed by atoms with van der Waals surface area (Å²) in [6.07, 6.45) is 4.58. The Hall–Kier alpha value is -2.18. The number of halogens is 2. The van der Waals surface area contributed by atoms with Crippen LogP contribution in [-0.2, 0) is 0 Å². The van der Waals surface area contributed by atoms with Crippen LogP contribution in [0.3, 0.4) is 0 Å². The molecular weight excluding hydrogens is 292 g/mol. The maximum atomic E-state index is 12.0. The molecule has 0 radical (unpaired) electrons. The minimum Gasteiger partial charge on any atom is -0.465 e. The monoisotopic (exact) mass is 309 g/mol. The minimum atomic E-state index is -2.85. The quantitative estimate of drug-likeness (QED) is 0.735. The Balaban J connectivity index is 1.73. The summed E-state index contributed by atoms with van der Waals surface area (Å²) in [6, 6.07) is 9.57. The van der Waals surface area contributed by atoms with Gasteiger partial charge in [-0.25, -0.2) is 0 Å². The van der Waals surface area contributed by atoms with Crippen LogP contribution in [0.1, 0.15) is 17.4 Å². The highest BCUT2D eigenvalue weighted by atomic mass is 19.3. The van der Waals surface area contributed by atoms with Gasteiger partial charge in [-0.15, -0.1) is 0 Å². The van der Waals surface area contributed by atoms with Gasteiger partial charge in [-0.1, -0.05) is 18.2 Å². The van der Waals surface area contributed by atoms with E-state index in [2.05, 4.69) is 10.1 Å². The first-order valence-corrected chi connectivity index (χ1v) is 6.79. The first-order valence-electron chi connectivity index (χ1n) is 6.79. The Morgan fingerprint density at radius 2 is 2.00 bits per heavy atom. The zero-order chi connectivity index (χ0) is 15.8. The number of rotatable bonds is 8. The number of benzene rings is 1. The van der Waals surface area contributed by atoms with Crippen molar-refractivity contribution in [3.8, 4) is 5.75 Å².